The van der Waals surface area contributed by atoms with Gasteiger partial charge in [-0.1, -0.05) is 13.8 Å². The first-order valence-corrected chi connectivity index (χ1v) is 10.4. The number of thiazole rings is 1. The van der Waals surface area contributed by atoms with Crippen LogP contribution in [-0.4, -0.2) is 41.5 Å². The molecule has 2 heterocycles. The number of rotatable bonds is 6. The molecule has 2 atom stereocenters. The Labute approximate surface area is 169 Å². The van der Waals surface area contributed by atoms with Crippen molar-refractivity contribution in [1.29, 1.82) is 0 Å². The van der Waals surface area contributed by atoms with Crippen molar-refractivity contribution in [2.45, 2.75) is 33.8 Å². The minimum Gasteiger partial charge on any atom is -0.487 e. The van der Waals surface area contributed by atoms with E-state index < -0.39 is 5.97 Å². The van der Waals surface area contributed by atoms with Crippen molar-refractivity contribution in [2.75, 3.05) is 19.7 Å². The largest absolute Gasteiger partial charge is 0.487 e. The van der Waals surface area contributed by atoms with Crippen molar-refractivity contribution in [3.05, 3.63) is 45.9 Å². The third-order valence-corrected chi connectivity index (χ3v) is 5.51. The van der Waals surface area contributed by atoms with Gasteiger partial charge in [-0.3, -0.25) is 4.79 Å². The van der Waals surface area contributed by atoms with Gasteiger partial charge < -0.3 is 14.4 Å². The maximum Gasteiger partial charge on any atom is 0.338 e. The van der Waals surface area contributed by atoms with Crippen LogP contribution in [-0.2, 0) is 16.1 Å². The van der Waals surface area contributed by atoms with Crippen LogP contribution in [0.5, 0.6) is 5.75 Å². The van der Waals surface area contributed by atoms with Gasteiger partial charge in [0.25, 0.3) is 5.91 Å². The van der Waals surface area contributed by atoms with Crippen LogP contribution in [0, 0.1) is 18.8 Å². The van der Waals surface area contributed by atoms with E-state index in [1.807, 2.05) is 12.3 Å². The Kier molecular flexibility index (Phi) is 6.67. The van der Waals surface area contributed by atoms with Crippen molar-refractivity contribution >= 4 is 23.2 Å². The molecule has 6 nitrogen and oxygen atoms in total. The predicted molar refractivity (Wildman–Crippen MR) is 107 cm³/mol. The SMILES string of the molecule is Cc1nc(COc2ccc(C(=O)OCC(=O)N3C[C@H](C)C[C@@H](C)C3)cc2)cs1. The van der Waals surface area contributed by atoms with Gasteiger partial charge in [0.15, 0.2) is 6.61 Å². The molecule has 1 amide bonds. The number of amides is 1. The summed E-state index contributed by atoms with van der Waals surface area (Å²) in [6.45, 7) is 7.85. The average Bonchev–Trinajstić information content (AvgIpc) is 3.09. The molecule has 0 aliphatic carbocycles. The van der Waals surface area contributed by atoms with E-state index in [-0.39, 0.29) is 12.5 Å². The van der Waals surface area contributed by atoms with Crippen LogP contribution >= 0.6 is 11.3 Å². The summed E-state index contributed by atoms with van der Waals surface area (Å²) in [5.41, 5.74) is 1.27. The first-order chi connectivity index (χ1) is 13.4. The van der Waals surface area contributed by atoms with Crippen molar-refractivity contribution in [2.24, 2.45) is 11.8 Å². The number of nitrogens with zero attached hydrogens (tertiary/aromatic N) is 2. The van der Waals surface area contributed by atoms with E-state index in [1.165, 1.54) is 0 Å². The van der Waals surface area contributed by atoms with Gasteiger partial charge in [-0.25, -0.2) is 9.78 Å². The lowest BCUT2D eigenvalue weighted by molar-refractivity contribution is -0.137. The lowest BCUT2D eigenvalue weighted by Gasteiger charge is -2.34. The molecule has 0 saturated carbocycles. The van der Waals surface area contributed by atoms with Crippen LogP contribution in [0.4, 0.5) is 0 Å². The van der Waals surface area contributed by atoms with E-state index in [0.717, 1.165) is 30.2 Å². The molecule has 7 heteroatoms. The Bertz CT molecular complexity index is 808. The van der Waals surface area contributed by atoms with Crippen LogP contribution in [0.25, 0.3) is 0 Å². The number of esters is 1. The normalized spacial score (nSPS) is 19.3. The number of hydrogen-bond donors (Lipinski definition) is 0. The van der Waals surface area contributed by atoms with Crippen molar-refractivity contribution in [3.63, 3.8) is 0 Å². The molecule has 0 N–H and O–H groups in total. The number of carbonyl (C=O) groups excluding carboxylic acids is 2. The van der Waals surface area contributed by atoms with Gasteiger partial charge in [-0.15, -0.1) is 11.3 Å². The number of hydrogen-bond acceptors (Lipinski definition) is 6. The molecule has 1 saturated heterocycles. The van der Waals surface area contributed by atoms with Crippen LogP contribution in [0.3, 0.4) is 0 Å². The summed E-state index contributed by atoms with van der Waals surface area (Å²) >= 11 is 1.58. The first-order valence-electron chi connectivity index (χ1n) is 9.49. The second-order valence-corrected chi connectivity index (χ2v) is 8.55. The van der Waals surface area contributed by atoms with Gasteiger partial charge in [0, 0.05) is 18.5 Å². The summed E-state index contributed by atoms with van der Waals surface area (Å²) < 4.78 is 10.9. The molecule has 28 heavy (non-hydrogen) atoms. The molecule has 150 valence electrons. The predicted octanol–water partition coefficient (Wildman–Crippen LogP) is 3.69. The van der Waals surface area contributed by atoms with Gasteiger partial charge in [0.1, 0.15) is 12.4 Å². The second kappa shape index (κ2) is 9.19. The standard InChI is InChI=1S/C21H26N2O4S/c1-14-8-15(2)10-23(9-14)20(24)12-27-21(25)17-4-6-19(7-5-17)26-11-18-13-28-16(3)22-18/h4-7,13-15H,8-12H2,1-3H3/t14-,15-/m1/s1. The van der Waals surface area contributed by atoms with E-state index >= 15 is 0 Å². The molecular weight excluding hydrogens is 376 g/mol. The van der Waals surface area contributed by atoms with Crippen LogP contribution < -0.4 is 4.74 Å². The zero-order valence-corrected chi connectivity index (χ0v) is 17.3. The highest BCUT2D eigenvalue weighted by atomic mass is 32.1. The highest BCUT2D eigenvalue weighted by Crippen LogP contribution is 2.21. The lowest BCUT2D eigenvalue weighted by Crippen LogP contribution is -2.44. The molecule has 0 spiro atoms. The smallest absolute Gasteiger partial charge is 0.338 e. The Morgan fingerprint density at radius 3 is 2.46 bits per heavy atom. The summed E-state index contributed by atoms with van der Waals surface area (Å²) in [7, 11) is 0. The molecule has 0 unspecified atom stereocenters. The second-order valence-electron chi connectivity index (χ2n) is 7.49. The quantitative estimate of drug-likeness (QED) is 0.689. The van der Waals surface area contributed by atoms with Gasteiger partial charge in [0.05, 0.1) is 16.3 Å². The zero-order valence-electron chi connectivity index (χ0n) is 16.5. The van der Waals surface area contributed by atoms with Gasteiger partial charge >= 0.3 is 5.97 Å². The first kappa shape index (κ1) is 20.3. The highest BCUT2D eigenvalue weighted by Gasteiger charge is 2.26. The summed E-state index contributed by atoms with van der Waals surface area (Å²) in [6, 6.07) is 6.70. The molecule has 3 rings (SSSR count). The van der Waals surface area contributed by atoms with Crippen LogP contribution in [0.15, 0.2) is 29.6 Å². The number of likely N-dealkylation sites (tertiary alicyclic amines) is 1. The van der Waals surface area contributed by atoms with Gasteiger partial charge in [-0.2, -0.15) is 0 Å². The van der Waals surface area contributed by atoms with Crippen molar-refractivity contribution in [1.82, 2.24) is 9.88 Å². The molecule has 0 bridgehead atoms. The lowest BCUT2D eigenvalue weighted by atomic mass is 9.92. The number of carbonyl (C=O) groups is 2. The average molecular weight is 403 g/mol. The highest BCUT2D eigenvalue weighted by molar-refractivity contribution is 7.09. The molecule has 1 aromatic heterocycles. The Hall–Kier alpha value is -2.41. The molecule has 2 aromatic rings. The summed E-state index contributed by atoms with van der Waals surface area (Å²) in [6.07, 6.45) is 1.13. The number of benzene rings is 1. The summed E-state index contributed by atoms with van der Waals surface area (Å²) in [5, 5.41) is 2.96. The third-order valence-electron chi connectivity index (χ3n) is 4.69. The van der Waals surface area contributed by atoms with Crippen LogP contribution in [0.1, 0.15) is 41.3 Å². The fourth-order valence-electron chi connectivity index (χ4n) is 3.49. The Balaban J connectivity index is 1.47. The maximum atomic E-state index is 12.3. The van der Waals surface area contributed by atoms with Gasteiger partial charge in [-0.05, 0) is 49.4 Å². The van der Waals surface area contributed by atoms with E-state index in [2.05, 4.69) is 18.8 Å². The van der Waals surface area contributed by atoms with Crippen molar-refractivity contribution < 1.29 is 19.1 Å². The summed E-state index contributed by atoms with van der Waals surface area (Å²) in [5.74, 6) is 0.959. The topological polar surface area (TPSA) is 68.7 Å². The van der Waals surface area contributed by atoms with E-state index in [4.69, 9.17) is 9.47 Å². The molecule has 0 radical (unpaired) electrons. The number of aryl methyl sites for hydroxylation is 1. The van der Waals surface area contributed by atoms with E-state index in [0.29, 0.717) is 29.8 Å². The minimum absolute atomic E-state index is 0.134. The number of aromatic nitrogens is 1. The van der Waals surface area contributed by atoms with Gasteiger partial charge in [0.2, 0.25) is 0 Å². The van der Waals surface area contributed by atoms with E-state index in [1.54, 1.807) is 40.5 Å². The van der Waals surface area contributed by atoms with Crippen LogP contribution in [0.2, 0.25) is 0 Å². The molecule has 1 aromatic carbocycles. The monoisotopic (exact) mass is 402 g/mol. The molecule has 1 aliphatic heterocycles. The molecule has 1 aliphatic rings. The number of ether oxygens (including phenoxy) is 2. The Morgan fingerprint density at radius 1 is 1.18 bits per heavy atom. The summed E-state index contributed by atoms with van der Waals surface area (Å²) in [4.78, 5) is 30.7. The molecule has 1 fully saturated rings. The zero-order chi connectivity index (χ0) is 20.1. The number of piperidine rings is 1. The minimum atomic E-state index is -0.506. The van der Waals surface area contributed by atoms with E-state index in [9.17, 15) is 9.59 Å². The fraction of sp³-hybridized carbons (Fsp3) is 0.476. The maximum absolute atomic E-state index is 12.3. The van der Waals surface area contributed by atoms with Crippen molar-refractivity contribution in [3.8, 4) is 5.75 Å². The Morgan fingerprint density at radius 2 is 1.86 bits per heavy atom. The fourth-order valence-corrected chi connectivity index (χ4v) is 4.08. The third kappa shape index (κ3) is 5.55. The molecular formula is C21H26N2O4S.